The Morgan fingerprint density at radius 3 is 1.83 bits per heavy atom. The van der Waals surface area contributed by atoms with Crippen molar-refractivity contribution >= 4 is 34.6 Å². The Balaban J connectivity index is 0.000000291. The Hall–Kier alpha value is -3.09. The highest BCUT2D eigenvalue weighted by molar-refractivity contribution is 6.32. The molecule has 0 aromatic heterocycles. The van der Waals surface area contributed by atoms with Gasteiger partial charge in [0.1, 0.15) is 17.6 Å². The van der Waals surface area contributed by atoms with Crippen molar-refractivity contribution < 1.29 is 19.3 Å². The van der Waals surface area contributed by atoms with Gasteiger partial charge in [-0.25, -0.2) is 0 Å². The van der Waals surface area contributed by atoms with Gasteiger partial charge in [-0.2, -0.15) is 5.26 Å². The SMILES string of the molecule is CCCCOc1ccc([N+](=O)[O-])cc1Cl.N#CCOc1ccc([N+](=O)[O-])cc1Cl. The summed E-state index contributed by atoms with van der Waals surface area (Å²) in [5, 5.41) is 29.4. The first-order valence-electron chi connectivity index (χ1n) is 8.30. The van der Waals surface area contributed by atoms with Gasteiger partial charge >= 0.3 is 0 Å². The lowest BCUT2D eigenvalue weighted by molar-refractivity contribution is -0.385. The summed E-state index contributed by atoms with van der Waals surface area (Å²) in [5.41, 5.74) is -0.137. The van der Waals surface area contributed by atoms with Crippen molar-refractivity contribution in [3.63, 3.8) is 0 Å². The van der Waals surface area contributed by atoms with Gasteiger partial charge in [0.25, 0.3) is 11.4 Å². The number of non-ortho nitro benzene ring substituents is 2. The molecule has 9 nitrogen and oxygen atoms in total. The predicted octanol–water partition coefficient (Wildman–Crippen LogP) is 5.58. The van der Waals surface area contributed by atoms with E-state index in [0.717, 1.165) is 12.8 Å². The second-order valence-corrected chi connectivity index (χ2v) is 6.21. The first-order chi connectivity index (χ1) is 13.8. The van der Waals surface area contributed by atoms with Gasteiger partial charge in [0.05, 0.1) is 26.5 Å². The maximum Gasteiger partial charge on any atom is 0.271 e. The van der Waals surface area contributed by atoms with Crippen LogP contribution in [-0.2, 0) is 0 Å². The van der Waals surface area contributed by atoms with Crippen molar-refractivity contribution in [1.82, 2.24) is 0 Å². The van der Waals surface area contributed by atoms with E-state index in [0.29, 0.717) is 12.4 Å². The summed E-state index contributed by atoms with van der Waals surface area (Å²) >= 11 is 11.5. The van der Waals surface area contributed by atoms with Gasteiger partial charge in [0.15, 0.2) is 6.61 Å². The van der Waals surface area contributed by atoms with E-state index in [2.05, 4.69) is 6.92 Å². The fourth-order valence-corrected chi connectivity index (χ4v) is 2.34. The smallest absolute Gasteiger partial charge is 0.271 e. The average Bonchev–Trinajstić information content (AvgIpc) is 2.68. The van der Waals surface area contributed by atoms with Gasteiger partial charge in [0.2, 0.25) is 0 Å². The van der Waals surface area contributed by atoms with Crippen LogP contribution in [-0.4, -0.2) is 23.1 Å². The molecule has 0 N–H and O–H groups in total. The van der Waals surface area contributed by atoms with Gasteiger partial charge in [-0.3, -0.25) is 20.2 Å². The maximum absolute atomic E-state index is 10.4. The van der Waals surface area contributed by atoms with E-state index in [1.165, 1.54) is 36.4 Å². The summed E-state index contributed by atoms with van der Waals surface area (Å²) in [6, 6.07) is 9.76. The molecule has 11 heteroatoms. The second-order valence-electron chi connectivity index (χ2n) is 5.39. The van der Waals surface area contributed by atoms with E-state index in [1.54, 1.807) is 6.07 Å². The summed E-state index contributed by atoms with van der Waals surface area (Å²) < 4.78 is 10.3. The molecule has 2 rings (SSSR count). The molecular formula is C18H17Cl2N3O6. The molecule has 0 aliphatic carbocycles. The van der Waals surface area contributed by atoms with E-state index in [9.17, 15) is 20.2 Å². The lowest BCUT2D eigenvalue weighted by atomic mass is 10.3. The molecule has 29 heavy (non-hydrogen) atoms. The van der Waals surface area contributed by atoms with E-state index in [4.69, 9.17) is 37.9 Å². The van der Waals surface area contributed by atoms with E-state index in [1.807, 2.05) is 0 Å². The van der Waals surface area contributed by atoms with Crippen LogP contribution in [0.4, 0.5) is 11.4 Å². The summed E-state index contributed by atoms with van der Waals surface area (Å²) in [6.07, 6.45) is 1.97. The molecule has 0 saturated heterocycles. The number of hydrogen-bond donors (Lipinski definition) is 0. The largest absolute Gasteiger partial charge is 0.492 e. The van der Waals surface area contributed by atoms with Gasteiger partial charge in [-0.1, -0.05) is 36.5 Å². The Kier molecular flexibility index (Phi) is 10.2. The third kappa shape index (κ3) is 8.21. The molecule has 2 aromatic carbocycles. The van der Waals surface area contributed by atoms with Gasteiger partial charge in [-0.15, -0.1) is 0 Å². The van der Waals surface area contributed by atoms with Crippen molar-refractivity contribution in [3.8, 4) is 17.6 Å². The predicted molar refractivity (Wildman–Crippen MR) is 108 cm³/mol. The topological polar surface area (TPSA) is 129 Å². The molecule has 0 heterocycles. The molecule has 0 saturated carbocycles. The van der Waals surface area contributed by atoms with Crippen LogP contribution >= 0.6 is 23.2 Å². The average molecular weight is 442 g/mol. The highest BCUT2D eigenvalue weighted by Gasteiger charge is 2.10. The van der Waals surface area contributed by atoms with Crippen LogP contribution in [0, 0.1) is 31.6 Å². The standard InChI is InChI=1S/C10H12ClNO3.C8H5ClN2O3/c1-2-3-6-15-10-5-4-8(12(13)14)7-9(10)11;9-7-5-6(11(12)13)1-2-8(7)14-4-3-10/h4-5,7H,2-3,6H2,1H3;1-2,5H,4H2. The first kappa shape index (κ1) is 23.9. The molecule has 154 valence electrons. The van der Waals surface area contributed by atoms with Crippen LogP contribution in [0.25, 0.3) is 0 Å². The van der Waals surface area contributed by atoms with Crippen LogP contribution < -0.4 is 9.47 Å². The Labute approximate surface area is 176 Å². The zero-order chi connectivity index (χ0) is 21.8. The maximum atomic E-state index is 10.4. The van der Waals surface area contributed by atoms with Crippen molar-refractivity contribution in [1.29, 1.82) is 5.26 Å². The lowest BCUT2D eigenvalue weighted by Crippen LogP contribution is -1.97. The number of nitrogens with zero attached hydrogens (tertiary/aromatic N) is 3. The molecular weight excluding hydrogens is 425 g/mol. The van der Waals surface area contributed by atoms with Crippen LogP contribution in [0.3, 0.4) is 0 Å². The van der Waals surface area contributed by atoms with E-state index >= 15 is 0 Å². The number of ether oxygens (including phenoxy) is 2. The molecule has 0 unspecified atom stereocenters. The molecule has 0 aliphatic rings. The summed E-state index contributed by atoms with van der Waals surface area (Å²) in [4.78, 5) is 19.7. The fraction of sp³-hybridized carbons (Fsp3) is 0.278. The zero-order valence-corrected chi connectivity index (χ0v) is 16.9. The number of benzene rings is 2. The minimum Gasteiger partial charge on any atom is -0.492 e. The summed E-state index contributed by atoms with van der Waals surface area (Å²) in [6.45, 7) is 2.49. The number of rotatable bonds is 8. The minimum absolute atomic E-state index is 0.0251. The molecule has 0 fully saturated rings. The summed E-state index contributed by atoms with van der Waals surface area (Å²) in [7, 11) is 0. The third-order valence-corrected chi connectivity index (χ3v) is 3.89. The van der Waals surface area contributed by atoms with Crippen LogP contribution in [0.5, 0.6) is 11.5 Å². The monoisotopic (exact) mass is 441 g/mol. The first-order valence-corrected chi connectivity index (χ1v) is 9.06. The van der Waals surface area contributed by atoms with Crippen molar-refractivity contribution in [2.75, 3.05) is 13.2 Å². The molecule has 0 atom stereocenters. The van der Waals surface area contributed by atoms with Gasteiger partial charge < -0.3 is 9.47 Å². The van der Waals surface area contributed by atoms with Crippen LogP contribution in [0.2, 0.25) is 10.0 Å². The number of hydrogen-bond acceptors (Lipinski definition) is 7. The number of nitriles is 1. The number of unbranched alkanes of at least 4 members (excludes halogenated alkanes) is 1. The molecule has 0 radical (unpaired) electrons. The fourth-order valence-electron chi connectivity index (χ4n) is 1.88. The molecule has 0 bridgehead atoms. The number of halogens is 2. The Morgan fingerprint density at radius 1 is 0.966 bits per heavy atom. The molecule has 0 aliphatic heterocycles. The molecule has 0 spiro atoms. The van der Waals surface area contributed by atoms with Crippen LogP contribution in [0.15, 0.2) is 36.4 Å². The highest BCUT2D eigenvalue weighted by atomic mass is 35.5. The van der Waals surface area contributed by atoms with Crippen molar-refractivity contribution in [2.45, 2.75) is 19.8 Å². The quantitative estimate of drug-likeness (QED) is 0.297. The Bertz CT molecular complexity index is 902. The van der Waals surface area contributed by atoms with E-state index < -0.39 is 9.85 Å². The number of nitro benzene ring substituents is 2. The normalized spacial score (nSPS) is 9.59. The highest BCUT2D eigenvalue weighted by Crippen LogP contribution is 2.29. The number of nitro groups is 2. The van der Waals surface area contributed by atoms with Gasteiger partial charge in [-0.05, 0) is 18.6 Å². The summed E-state index contributed by atoms with van der Waals surface area (Å²) in [5.74, 6) is 0.759. The van der Waals surface area contributed by atoms with Crippen molar-refractivity contribution in [2.24, 2.45) is 0 Å². The zero-order valence-electron chi connectivity index (χ0n) is 15.3. The minimum atomic E-state index is -0.556. The van der Waals surface area contributed by atoms with Crippen LogP contribution in [0.1, 0.15) is 19.8 Å². The van der Waals surface area contributed by atoms with E-state index in [-0.39, 0.29) is 33.8 Å². The lowest BCUT2D eigenvalue weighted by Gasteiger charge is -2.06. The molecule has 2 aromatic rings. The van der Waals surface area contributed by atoms with Gasteiger partial charge in [0, 0.05) is 24.3 Å². The Morgan fingerprint density at radius 2 is 1.45 bits per heavy atom. The molecule has 0 amide bonds. The third-order valence-electron chi connectivity index (χ3n) is 3.30. The second kappa shape index (κ2) is 12.4. The van der Waals surface area contributed by atoms with Crippen molar-refractivity contribution in [3.05, 3.63) is 66.7 Å².